The zero-order chi connectivity index (χ0) is 21.0. The van der Waals surface area contributed by atoms with Crippen LogP contribution in [0, 0.1) is 12.8 Å². The Labute approximate surface area is 170 Å². The van der Waals surface area contributed by atoms with Gasteiger partial charge in [0, 0.05) is 24.3 Å². The molecule has 0 radical (unpaired) electrons. The highest BCUT2D eigenvalue weighted by atomic mass is 16.4. The third kappa shape index (κ3) is 5.22. The van der Waals surface area contributed by atoms with Crippen molar-refractivity contribution in [2.45, 2.75) is 33.1 Å². The minimum absolute atomic E-state index is 0.0383. The minimum Gasteiger partial charge on any atom is -0.478 e. The summed E-state index contributed by atoms with van der Waals surface area (Å²) in [5.74, 6) is -0.485. The SMILES string of the molecule is Cc1cc(C(=O)N2CCC(C)CC2)ccc1NC(=O)Cc1ccc(C(=O)O)cc1. The molecule has 0 atom stereocenters. The fraction of sp³-hybridized carbons (Fsp3) is 0.348. The van der Waals surface area contributed by atoms with Gasteiger partial charge in [-0.15, -0.1) is 0 Å². The Hall–Kier alpha value is -3.15. The molecule has 0 bridgehead atoms. The molecule has 6 nitrogen and oxygen atoms in total. The molecule has 0 spiro atoms. The molecule has 1 aliphatic heterocycles. The number of carbonyl (C=O) groups is 3. The monoisotopic (exact) mass is 394 g/mol. The van der Waals surface area contributed by atoms with Crippen molar-refractivity contribution >= 4 is 23.5 Å². The lowest BCUT2D eigenvalue weighted by Gasteiger charge is -2.30. The lowest BCUT2D eigenvalue weighted by molar-refractivity contribution is -0.115. The molecule has 1 fully saturated rings. The van der Waals surface area contributed by atoms with Gasteiger partial charge in [-0.1, -0.05) is 19.1 Å². The van der Waals surface area contributed by atoms with Crippen molar-refractivity contribution in [2.24, 2.45) is 5.92 Å². The molecule has 1 saturated heterocycles. The summed E-state index contributed by atoms with van der Waals surface area (Å²) in [5, 5.41) is 11.8. The average Bonchev–Trinajstić information content (AvgIpc) is 2.70. The number of carboxylic acids is 1. The number of nitrogens with one attached hydrogen (secondary N) is 1. The zero-order valence-electron chi connectivity index (χ0n) is 16.8. The van der Waals surface area contributed by atoms with Gasteiger partial charge in [-0.2, -0.15) is 0 Å². The van der Waals surface area contributed by atoms with Gasteiger partial charge in [0.1, 0.15) is 0 Å². The second-order valence-electron chi connectivity index (χ2n) is 7.73. The van der Waals surface area contributed by atoms with Crippen LogP contribution >= 0.6 is 0 Å². The van der Waals surface area contributed by atoms with Crippen LogP contribution in [-0.4, -0.2) is 40.9 Å². The Bertz CT molecular complexity index is 913. The normalized spacial score (nSPS) is 14.5. The molecule has 0 unspecified atom stereocenters. The lowest BCUT2D eigenvalue weighted by Crippen LogP contribution is -2.37. The summed E-state index contributed by atoms with van der Waals surface area (Å²) in [6.07, 6.45) is 2.21. The molecule has 0 aliphatic carbocycles. The number of hydrogen-bond acceptors (Lipinski definition) is 3. The molecular weight excluding hydrogens is 368 g/mol. The van der Waals surface area contributed by atoms with Crippen molar-refractivity contribution in [3.8, 4) is 0 Å². The van der Waals surface area contributed by atoms with Crippen molar-refractivity contribution in [1.29, 1.82) is 0 Å². The number of benzene rings is 2. The summed E-state index contributed by atoms with van der Waals surface area (Å²) < 4.78 is 0. The van der Waals surface area contributed by atoms with Gasteiger partial charge in [-0.3, -0.25) is 9.59 Å². The van der Waals surface area contributed by atoms with Gasteiger partial charge < -0.3 is 15.3 Å². The van der Waals surface area contributed by atoms with E-state index >= 15 is 0 Å². The third-order valence-corrected chi connectivity index (χ3v) is 5.38. The van der Waals surface area contributed by atoms with Crippen molar-refractivity contribution in [1.82, 2.24) is 4.90 Å². The lowest BCUT2D eigenvalue weighted by atomic mass is 9.98. The number of aromatic carboxylic acids is 1. The number of carbonyl (C=O) groups excluding carboxylic acids is 2. The van der Waals surface area contributed by atoms with Crippen molar-refractivity contribution in [2.75, 3.05) is 18.4 Å². The molecule has 2 N–H and O–H groups in total. The standard InChI is InChI=1S/C23H26N2O4/c1-15-9-11-25(12-10-15)22(27)19-7-8-20(16(2)13-19)24-21(26)14-17-3-5-18(6-4-17)23(28)29/h3-8,13,15H,9-12,14H2,1-2H3,(H,24,26)(H,28,29). The van der Waals surface area contributed by atoms with Crippen molar-refractivity contribution in [3.05, 3.63) is 64.7 Å². The van der Waals surface area contributed by atoms with Crippen LogP contribution in [0.2, 0.25) is 0 Å². The summed E-state index contributed by atoms with van der Waals surface area (Å²) in [7, 11) is 0. The van der Waals surface area contributed by atoms with Crippen molar-refractivity contribution in [3.63, 3.8) is 0 Å². The van der Waals surface area contributed by atoms with Gasteiger partial charge >= 0.3 is 5.97 Å². The van der Waals surface area contributed by atoms with E-state index in [-0.39, 0.29) is 23.8 Å². The Morgan fingerprint density at radius 3 is 2.24 bits per heavy atom. The van der Waals surface area contributed by atoms with Crippen LogP contribution in [0.4, 0.5) is 5.69 Å². The molecule has 2 aromatic carbocycles. The molecule has 2 amide bonds. The van der Waals surface area contributed by atoms with Crippen LogP contribution in [-0.2, 0) is 11.2 Å². The van der Waals surface area contributed by atoms with Gasteiger partial charge in [-0.25, -0.2) is 4.79 Å². The number of likely N-dealkylation sites (tertiary alicyclic amines) is 1. The van der Waals surface area contributed by atoms with Gasteiger partial charge in [0.15, 0.2) is 0 Å². The van der Waals surface area contributed by atoms with E-state index in [1.165, 1.54) is 12.1 Å². The van der Waals surface area contributed by atoms with Crippen LogP contribution in [0.3, 0.4) is 0 Å². The number of piperidine rings is 1. The topological polar surface area (TPSA) is 86.7 Å². The van der Waals surface area contributed by atoms with Gasteiger partial charge in [0.05, 0.1) is 12.0 Å². The second-order valence-corrected chi connectivity index (χ2v) is 7.73. The quantitative estimate of drug-likeness (QED) is 0.809. The Kier molecular flexibility index (Phi) is 6.32. The van der Waals surface area contributed by atoms with Crippen LogP contribution < -0.4 is 5.32 Å². The largest absolute Gasteiger partial charge is 0.478 e. The van der Waals surface area contributed by atoms with E-state index in [1.807, 2.05) is 17.9 Å². The van der Waals surface area contributed by atoms with Crippen LogP contribution in [0.5, 0.6) is 0 Å². The molecule has 3 rings (SSSR count). The van der Waals surface area contributed by atoms with E-state index in [2.05, 4.69) is 12.2 Å². The van der Waals surface area contributed by atoms with Gasteiger partial charge in [0.25, 0.3) is 5.91 Å². The van der Waals surface area contributed by atoms with E-state index in [9.17, 15) is 14.4 Å². The Morgan fingerprint density at radius 2 is 1.66 bits per heavy atom. The molecule has 152 valence electrons. The number of aryl methyl sites for hydroxylation is 1. The molecule has 0 aromatic heterocycles. The summed E-state index contributed by atoms with van der Waals surface area (Å²) in [5.41, 5.74) is 3.06. The molecule has 1 aliphatic rings. The van der Waals surface area contributed by atoms with Gasteiger partial charge in [0.2, 0.25) is 5.91 Å². The Morgan fingerprint density at radius 1 is 1.03 bits per heavy atom. The van der Waals surface area contributed by atoms with Crippen LogP contribution in [0.15, 0.2) is 42.5 Å². The minimum atomic E-state index is -0.995. The molecule has 0 saturated carbocycles. The number of nitrogens with zero attached hydrogens (tertiary/aromatic N) is 1. The summed E-state index contributed by atoms with van der Waals surface area (Å²) in [6.45, 7) is 5.66. The maximum absolute atomic E-state index is 12.7. The predicted molar refractivity (Wildman–Crippen MR) is 111 cm³/mol. The first-order chi connectivity index (χ1) is 13.8. The van der Waals surface area contributed by atoms with E-state index < -0.39 is 5.97 Å². The van der Waals surface area contributed by atoms with E-state index in [0.29, 0.717) is 17.2 Å². The van der Waals surface area contributed by atoms with Crippen LogP contribution in [0.1, 0.15) is 51.6 Å². The Balaban J connectivity index is 1.61. The summed E-state index contributed by atoms with van der Waals surface area (Å²) in [4.78, 5) is 37.8. The number of amides is 2. The second kappa shape index (κ2) is 8.90. The molecular formula is C23H26N2O4. The fourth-order valence-electron chi connectivity index (χ4n) is 3.48. The first-order valence-electron chi connectivity index (χ1n) is 9.85. The maximum Gasteiger partial charge on any atom is 0.335 e. The average molecular weight is 394 g/mol. The highest BCUT2D eigenvalue weighted by Gasteiger charge is 2.21. The van der Waals surface area contributed by atoms with E-state index in [1.54, 1.807) is 24.3 Å². The van der Waals surface area contributed by atoms with Crippen LogP contribution in [0.25, 0.3) is 0 Å². The summed E-state index contributed by atoms with van der Waals surface area (Å²) >= 11 is 0. The number of carboxylic acid groups (broad SMARTS) is 1. The van der Waals surface area contributed by atoms with E-state index in [4.69, 9.17) is 5.11 Å². The molecule has 2 aromatic rings. The highest BCUT2D eigenvalue weighted by molar-refractivity contribution is 5.97. The van der Waals surface area contributed by atoms with Gasteiger partial charge in [-0.05, 0) is 67.1 Å². The fourth-order valence-corrected chi connectivity index (χ4v) is 3.48. The predicted octanol–water partition coefficient (Wildman–Crippen LogP) is 3.75. The highest BCUT2D eigenvalue weighted by Crippen LogP contribution is 2.21. The smallest absolute Gasteiger partial charge is 0.335 e. The van der Waals surface area contributed by atoms with E-state index in [0.717, 1.165) is 37.1 Å². The first kappa shape index (κ1) is 20.6. The molecule has 6 heteroatoms. The third-order valence-electron chi connectivity index (χ3n) is 5.38. The number of anilines is 1. The zero-order valence-corrected chi connectivity index (χ0v) is 16.8. The molecule has 29 heavy (non-hydrogen) atoms. The molecule has 1 heterocycles. The number of hydrogen-bond donors (Lipinski definition) is 2. The van der Waals surface area contributed by atoms with Crippen molar-refractivity contribution < 1.29 is 19.5 Å². The summed E-state index contributed by atoms with van der Waals surface area (Å²) in [6, 6.07) is 11.6. The maximum atomic E-state index is 12.7. The first-order valence-corrected chi connectivity index (χ1v) is 9.85. The number of rotatable bonds is 5.